The van der Waals surface area contributed by atoms with E-state index in [-0.39, 0.29) is 18.2 Å². The topological polar surface area (TPSA) is 63.3 Å². The third-order valence-electron chi connectivity index (χ3n) is 0.804. The predicted molar refractivity (Wildman–Crippen MR) is 55.1 cm³/mol. The molecule has 3 N–H and O–H groups in total. The van der Waals surface area contributed by atoms with E-state index in [0.717, 1.165) is 11.8 Å². The van der Waals surface area contributed by atoms with Crippen LogP contribution in [0.1, 0.15) is 0 Å². The van der Waals surface area contributed by atoms with Crippen molar-refractivity contribution < 1.29 is 9.90 Å². The number of carbonyl (C=O) groups is 1. The summed E-state index contributed by atoms with van der Waals surface area (Å²) in [5.74, 6) is -0.825. The molecule has 3 nitrogen and oxygen atoms in total. The predicted octanol–water partition coefficient (Wildman–Crippen LogP) is 1.83. The van der Waals surface area contributed by atoms with Crippen LogP contribution in [0, 0.1) is 0 Å². The van der Waals surface area contributed by atoms with Gasteiger partial charge in [0.2, 0.25) is 0 Å². The first-order chi connectivity index (χ1) is 5.07. The normalized spacial score (nSPS) is 13.4. The van der Waals surface area contributed by atoms with Gasteiger partial charge in [0.15, 0.2) is 0 Å². The van der Waals surface area contributed by atoms with Crippen LogP contribution in [-0.4, -0.2) is 22.9 Å². The lowest BCUT2D eigenvalue weighted by atomic mass is 10.4. The number of hydrogen-bond acceptors (Lipinski definition) is 3. The fraction of sp³-hybridized carbons (Fsp3) is 0.400. The highest BCUT2D eigenvalue weighted by Crippen LogP contribution is 2.20. The van der Waals surface area contributed by atoms with Crippen LogP contribution in [0.2, 0.25) is 0 Å². The molecule has 0 saturated carbocycles. The monoisotopic (exact) mass is 251 g/mol. The zero-order valence-electron chi connectivity index (χ0n) is 5.87. The second kappa shape index (κ2) is 8.01. The van der Waals surface area contributed by atoms with Gasteiger partial charge in [-0.15, -0.1) is 24.2 Å². The van der Waals surface area contributed by atoms with E-state index in [1.54, 1.807) is 0 Å². The van der Waals surface area contributed by atoms with E-state index >= 15 is 0 Å². The van der Waals surface area contributed by atoms with E-state index in [4.69, 9.17) is 34.0 Å². The second-order valence-corrected chi connectivity index (χ2v) is 3.58. The van der Waals surface area contributed by atoms with Crippen LogP contribution in [0.4, 0.5) is 0 Å². The number of thioether (sulfide) groups is 1. The Labute approximate surface area is 90.7 Å². The standard InChI is InChI=1S/C5H7Cl2NO2S.ClH/c6-1-4(7)11-2-3(8)5(9)10;/h1,3H,2,8H2,(H,9,10);1H/b4-1+;/t3-;/m0./s1. The minimum Gasteiger partial charge on any atom is -0.480 e. The van der Waals surface area contributed by atoms with E-state index in [2.05, 4.69) is 0 Å². The summed E-state index contributed by atoms with van der Waals surface area (Å²) in [6.07, 6.45) is 0. The Morgan fingerprint density at radius 1 is 1.75 bits per heavy atom. The maximum atomic E-state index is 10.2. The van der Waals surface area contributed by atoms with Gasteiger partial charge in [-0.05, 0) is 0 Å². The van der Waals surface area contributed by atoms with Gasteiger partial charge in [0.25, 0.3) is 0 Å². The van der Waals surface area contributed by atoms with Crippen molar-refractivity contribution in [1.29, 1.82) is 0 Å². The summed E-state index contributed by atoms with van der Waals surface area (Å²) in [6, 6.07) is -0.898. The molecule has 0 unspecified atom stereocenters. The molecule has 0 aromatic heterocycles. The molecule has 0 spiro atoms. The third-order valence-corrected chi connectivity index (χ3v) is 2.62. The molecule has 0 saturated heterocycles. The van der Waals surface area contributed by atoms with Gasteiger partial charge < -0.3 is 10.8 Å². The van der Waals surface area contributed by atoms with Crippen molar-refractivity contribution >= 4 is 53.3 Å². The molecule has 1 atom stereocenters. The van der Waals surface area contributed by atoms with E-state index in [9.17, 15) is 4.79 Å². The lowest BCUT2D eigenvalue weighted by Crippen LogP contribution is -2.32. The van der Waals surface area contributed by atoms with E-state index in [1.807, 2.05) is 0 Å². The summed E-state index contributed by atoms with van der Waals surface area (Å²) in [7, 11) is 0. The molecule has 0 heterocycles. The summed E-state index contributed by atoms with van der Waals surface area (Å²) in [6.45, 7) is 0. The highest BCUT2D eigenvalue weighted by Gasteiger charge is 2.11. The summed E-state index contributed by atoms with van der Waals surface area (Å²) < 4.78 is 0.336. The fourth-order valence-electron chi connectivity index (χ4n) is 0.272. The SMILES string of the molecule is Cl.N[C@@H](CS/C(Cl)=C/Cl)C(=O)O. The van der Waals surface area contributed by atoms with Crippen molar-refractivity contribution in [2.24, 2.45) is 5.73 Å². The van der Waals surface area contributed by atoms with Crippen LogP contribution in [-0.2, 0) is 4.79 Å². The first kappa shape index (κ1) is 14.9. The van der Waals surface area contributed by atoms with Crippen molar-refractivity contribution in [3.8, 4) is 0 Å². The summed E-state index contributed by atoms with van der Waals surface area (Å²) >= 11 is 11.8. The number of carboxylic acid groups (broad SMARTS) is 1. The van der Waals surface area contributed by atoms with Gasteiger partial charge in [-0.2, -0.15) is 0 Å². The Morgan fingerprint density at radius 3 is 2.58 bits per heavy atom. The molecule has 72 valence electrons. The van der Waals surface area contributed by atoms with Crippen LogP contribution in [0.3, 0.4) is 0 Å². The molecule has 0 aliphatic heterocycles. The number of halogens is 3. The molecule has 0 aliphatic rings. The van der Waals surface area contributed by atoms with Gasteiger partial charge in [0.1, 0.15) is 6.04 Å². The van der Waals surface area contributed by atoms with Crippen LogP contribution < -0.4 is 5.73 Å². The molecular formula is C5H8Cl3NO2S. The molecule has 0 radical (unpaired) electrons. The quantitative estimate of drug-likeness (QED) is 0.801. The molecule has 0 aromatic rings. The van der Waals surface area contributed by atoms with Gasteiger partial charge in [-0.25, -0.2) is 0 Å². The largest absolute Gasteiger partial charge is 0.480 e. The Balaban J connectivity index is 0. The van der Waals surface area contributed by atoms with E-state index in [0.29, 0.717) is 4.36 Å². The molecule has 0 aromatic carbocycles. The molecule has 0 rings (SSSR count). The summed E-state index contributed by atoms with van der Waals surface area (Å²) in [4.78, 5) is 10.2. The summed E-state index contributed by atoms with van der Waals surface area (Å²) in [5, 5.41) is 8.33. The molecule has 7 heteroatoms. The van der Waals surface area contributed by atoms with Crippen LogP contribution in [0.25, 0.3) is 0 Å². The average molecular weight is 253 g/mol. The Hall–Kier alpha value is 0.390. The number of rotatable bonds is 4. The zero-order chi connectivity index (χ0) is 8.85. The fourth-order valence-corrected chi connectivity index (χ4v) is 1.19. The molecular weight excluding hydrogens is 244 g/mol. The van der Waals surface area contributed by atoms with Crippen molar-refractivity contribution in [1.82, 2.24) is 0 Å². The van der Waals surface area contributed by atoms with Gasteiger partial charge in [0, 0.05) is 11.3 Å². The van der Waals surface area contributed by atoms with Gasteiger partial charge in [-0.3, -0.25) is 4.79 Å². The Morgan fingerprint density at radius 2 is 2.25 bits per heavy atom. The van der Waals surface area contributed by atoms with Crippen molar-refractivity contribution in [3.05, 3.63) is 9.90 Å². The molecule has 0 fully saturated rings. The third kappa shape index (κ3) is 7.06. The van der Waals surface area contributed by atoms with Crippen molar-refractivity contribution in [3.63, 3.8) is 0 Å². The number of carboxylic acids is 1. The Bertz CT molecular complexity index is 176. The minimum atomic E-state index is -1.04. The molecule has 0 bridgehead atoms. The van der Waals surface area contributed by atoms with Crippen LogP contribution in [0.5, 0.6) is 0 Å². The summed E-state index contributed by atoms with van der Waals surface area (Å²) in [5.41, 5.74) is 6.34. The Kier molecular flexibility index (Phi) is 9.94. The first-order valence-electron chi connectivity index (χ1n) is 2.65. The molecule has 0 amide bonds. The van der Waals surface area contributed by atoms with Crippen LogP contribution in [0.15, 0.2) is 9.90 Å². The number of nitrogens with two attached hydrogens (primary N) is 1. The average Bonchev–Trinajstić information content (AvgIpc) is 1.99. The molecule has 12 heavy (non-hydrogen) atoms. The lowest BCUT2D eigenvalue weighted by molar-refractivity contribution is -0.137. The first-order valence-corrected chi connectivity index (χ1v) is 4.45. The zero-order valence-corrected chi connectivity index (χ0v) is 9.01. The lowest BCUT2D eigenvalue weighted by Gasteiger charge is -2.03. The van der Waals surface area contributed by atoms with Gasteiger partial charge in [-0.1, -0.05) is 23.2 Å². The van der Waals surface area contributed by atoms with E-state index in [1.165, 1.54) is 5.54 Å². The smallest absolute Gasteiger partial charge is 0.321 e. The maximum absolute atomic E-state index is 10.2. The minimum absolute atomic E-state index is 0. The highest BCUT2D eigenvalue weighted by molar-refractivity contribution is 8.04. The number of aliphatic carboxylic acids is 1. The maximum Gasteiger partial charge on any atom is 0.321 e. The van der Waals surface area contributed by atoms with Gasteiger partial charge >= 0.3 is 5.97 Å². The highest BCUT2D eigenvalue weighted by atomic mass is 35.5. The van der Waals surface area contributed by atoms with Crippen molar-refractivity contribution in [2.45, 2.75) is 6.04 Å². The second-order valence-electron chi connectivity index (χ2n) is 1.67. The number of hydrogen-bond donors (Lipinski definition) is 2. The van der Waals surface area contributed by atoms with E-state index < -0.39 is 12.0 Å². The molecule has 0 aliphatic carbocycles. The van der Waals surface area contributed by atoms with Gasteiger partial charge in [0.05, 0.1) is 4.36 Å². The van der Waals surface area contributed by atoms with Crippen LogP contribution >= 0.6 is 47.4 Å². The van der Waals surface area contributed by atoms with Crippen molar-refractivity contribution in [2.75, 3.05) is 5.75 Å².